The van der Waals surface area contributed by atoms with Gasteiger partial charge in [0.05, 0.1) is 6.33 Å². The molecule has 126 valence electrons. The van der Waals surface area contributed by atoms with Crippen molar-refractivity contribution in [3.05, 3.63) is 47.0 Å². The summed E-state index contributed by atoms with van der Waals surface area (Å²) >= 11 is 8.07. The molecular formula is C18H26ClN3S. The molecule has 3 nitrogen and oxygen atoms in total. The third-order valence-electron chi connectivity index (χ3n) is 3.80. The lowest BCUT2D eigenvalue weighted by Crippen LogP contribution is -2.42. The summed E-state index contributed by atoms with van der Waals surface area (Å²) in [6.45, 7) is 10.7. The van der Waals surface area contributed by atoms with Gasteiger partial charge in [0.15, 0.2) is 0 Å². The molecule has 0 unspecified atom stereocenters. The van der Waals surface area contributed by atoms with Gasteiger partial charge in [-0.25, -0.2) is 4.98 Å². The van der Waals surface area contributed by atoms with Crippen LogP contribution in [0, 0.1) is 13.8 Å². The van der Waals surface area contributed by atoms with Crippen molar-refractivity contribution in [2.24, 2.45) is 0 Å². The van der Waals surface area contributed by atoms with Crippen molar-refractivity contribution >= 4 is 23.4 Å². The van der Waals surface area contributed by atoms with Gasteiger partial charge in [0.1, 0.15) is 0 Å². The Bertz CT molecular complexity index is 623. The summed E-state index contributed by atoms with van der Waals surface area (Å²) < 4.78 is 2.11. The van der Waals surface area contributed by atoms with Crippen LogP contribution < -0.4 is 5.32 Å². The molecule has 23 heavy (non-hydrogen) atoms. The van der Waals surface area contributed by atoms with E-state index in [1.54, 1.807) is 0 Å². The maximum atomic E-state index is 6.17. The molecule has 0 amide bonds. The van der Waals surface area contributed by atoms with Gasteiger partial charge in [-0.1, -0.05) is 11.6 Å². The van der Waals surface area contributed by atoms with Crippen LogP contribution in [0.15, 0.2) is 35.7 Å². The van der Waals surface area contributed by atoms with Crippen LogP contribution in [0.5, 0.6) is 0 Å². The number of hydrogen-bond donors (Lipinski definition) is 1. The molecule has 0 saturated carbocycles. The van der Waals surface area contributed by atoms with Gasteiger partial charge in [0.2, 0.25) is 0 Å². The fraction of sp³-hybridized carbons (Fsp3) is 0.500. The number of benzene rings is 1. The molecule has 0 spiro atoms. The number of halogens is 1. The predicted molar refractivity (Wildman–Crippen MR) is 101 cm³/mol. The summed E-state index contributed by atoms with van der Waals surface area (Å²) in [7, 11) is 0. The first kappa shape index (κ1) is 18.4. The molecule has 0 bridgehead atoms. The Hall–Kier alpha value is -0.970. The number of nitrogens with one attached hydrogen (secondary N) is 1. The van der Waals surface area contributed by atoms with Crippen LogP contribution in [-0.4, -0.2) is 27.4 Å². The largest absolute Gasteiger partial charge is 0.337 e. The van der Waals surface area contributed by atoms with Gasteiger partial charge in [-0.15, -0.1) is 11.8 Å². The van der Waals surface area contributed by atoms with Crippen molar-refractivity contribution < 1.29 is 0 Å². The zero-order valence-corrected chi connectivity index (χ0v) is 16.0. The Morgan fingerprint density at radius 2 is 2.04 bits per heavy atom. The monoisotopic (exact) mass is 351 g/mol. The molecule has 0 aliphatic heterocycles. The third-order valence-corrected chi connectivity index (χ3v) is 5.82. The molecule has 5 heteroatoms. The van der Waals surface area contributed by atoms with E-state index in [1.165, 1.54) is 10.5 Å². The quantitative estimate of drug-likeness (QED) is 0.552. The fourth-order valence-corrected chi connectivity index (χ4v) is 3.71. The average molecular weight is 352 g/mol. The van der Waals surface area contributed by atoms with Gasteiger partial charge < -0.3 is 9.88 Å². The second-order valence-electron chi connectivity index (χ2n) is 6.62. The molecule has 0 atom stereocenters. The molecule has 1 aromatic carbocycles. The highest BCUT2D eigenvalue weighted by molar-refractivity contribution is 7.99. The van der Waals surface area contributed by atoms with Crippen molar-refractivity contribution in [1.82, 2.24) is 14.9 Å². The summed E-state index contributed by atoms with van der Waals surface area (Å²) in [5.74, 6) is 1.03. The van der Waals surface area contributed by atoms with Crippen molar-refractivity contribution in [3.8, 4) is 0 Å². The van der Waals surface area contributed by atoms with Crippen LogP contribution >= 0.6 is 23.4 Å². The number of aromatic nitrogens is 2. The Balaban J connectivity index is 1.78. The number of aryl methyl sites for hydroxylation is 3. The first-order chi connectivity index (χ1) is 10.9. The zero-order valence-electron chi connectivity index (χ0n) is 14.4. The van der Waals surface area contributed by atoms with Gasteiger partial charge in [-0.3, -0.25) is 0 Å². The molecule has 0 aliphatic carbocycles. The lowest BCUT2D eigenvalue weighted by molar-refractivity contribution is 0.420. The molecular weight excluding hydrogens is 326 g/mol. The van der Waals surface area contributed by atoms with E-state index in [2.05, 4.69) is 54.7 Å². The van der Waals surface area contributed by atoms with Crippen molar-refractivity contribution in [3.63, 3.8) is 0 Å². The minimum absolute atomic E-state index is 0.0968. The first-order valence-electron chi connectivity index (χ1n) is 7.98. The maximum Gasteiger partial charge on any atom is 0.0945 e. The zero-order chi connectivity index (χ0) is 16.9. The van der Waals surface area contributed by atoms with E-state index in [9.17, 15) is 0 Å². The molecule has 0 fully saturated rings. The minimum Gasteiger partial charge on any atom is -0.337 e. The molecule has 1 heterocycles. The van der Waals surface area contributed by atoms with Crippen molar-refractivity contribution in [2.75, 3.05) is 12.3 Å². The number of nitrogens with zero attached hydrogens (tertiary/aromatic N) is 2. The Morgan fingerprint density at radius 3 is 2.74 bits per heavy atom. The Morgan fingerprint density at radius 1 is 1.26 bits per heavy atom. The highest BCUT2D eigenvalue weighted by atomic mass is 35.5. The summed E-state index contributed by atoms with van der Waals surface area (Å²) in [6.07, 6.45) is 6.80. The summed E-state index contributed by atoms with van der Waals surface area (Å²) in [6, 6.07) is 4.25. The molecule has 0 aliphatic rings. The number of imidazole rings is 1. The summed E-state index contributed by atoms with van der Waals surface area (Å²) in [4.78, 5) is 5.38. The van der Waals surface area contributed by atoms with E-state index < -0.39 is 0 Å². The standard InChI is InChI=1S/C18H26ClN3S/c1-14-11-17(15(2)10-16(14)19)23-12-18(3,4)21-6-5-8-22-9-7-20-13-22/h7,9-11,13,21H,5-6,8,12H2,1-4H3. The number of thioether (sulfide) groups is 1. The molecule has 1 aromatic heterocycles. The van der Waals surface area contributed by atoms with Crippen LogP contribution in [-0.2, 0) is 6.54 Å². The second-order valence-corrected chi connectivity index (χ2v) is 8.04. The second kappa shape index (κ2) is 8.22. The van der Waals surface area contributed by atoms with Crippen LogP contribution in [0.1, 0.15) is 31.4 Å². The van der Waals surface area contributed by atoms with Crippen LogP contribution in [0.25, 0.3) is 0 Å². The van der Waals surface area contributed by atoms with Crippen LogP contribution in [0.4, 0.5) is 0 Å². The number of rotatable bonds is 8. The first-order valence-corrected chi connectivity index (χ1v) is 9.34. The molecule has 2 aromatic rings. The average Bonchev–Trinajstić information content (AvgIpc) is 2.99. The topological polar surface area (TPSA) is 29.9 Å². The Labute approximate surface area is 148 Å². The van der Waals surface area contributed by atoms with Gasteiger partial charge >= 0.3 is 0 Å². The van der Waals surface area contributed by atoms with Crippen LogP contribution in [0.3, 0.4) is 0 Å². The van der Waals surface area contributed by atoms with Crippen molar-refractivity contribution in [1.29, 1.82) is 0 Å². The van der Waals surface area contributed by atoms with Gasteiger partial charge in [0.25, 0.3) is 0 Å². The molecule has 0 radical (unpaired) electrons. The van der Waals surface area contributed by atoms with E-state index in [-0.39, 0.29) is 5.54 Å². The van der Waals surface area contributed by atoms with Crippen LogP contribution in [0.2, 0.25) is 5.02 Å². The van der Waals surface area contributed by atoms with E-state index in [1.807, 2.05) is 30.5 Å². The van der Waals surface area contributed by atoms with Gasteiger partial charge in [0, 0.05) is 40.1 Å². The molecule has 2 rings (SSSR count). The van der Waals surface area contributed by atoms with E-state index >= 15 is 0 Å². The predicted octanol–water partition coefficient (Wildman–Crippen LogP) is 4.70. The number of hydrogen-bond acceptors (Lipinski definition) is 3. The lowest BCUT2D eigenvalue weighted by atomic mass is 10.1. The minimum atomic E-state index is 0.0968. The lowest BCUT2D eigenvalue weighted by Gasteiger charge is -2.26. The third kappa shape index (κ3) is 5.87. The van der Waals surface area contributed by atoms with Gasteiger partial charge in [-0.05, 0) is 63.9 Å². The van der Waals surface area contributed by atoms with E-state index in [4.69, 9.17) is 11.6 Å². The van der Waals surface area contributed by atoms with Gasteiger partial charge in [-0.2, -0.15) is 0 Å². The van der Waals surface area contributed by atoms with Crippen molar-refractivity contribution in [2.45, 2.75) is 51.1 Å². The normalized spacial score (nSPS) is 11.9. The highest BCUT2D eigenvalue weighted by Crippen LogP contribution is 2.30. The summed E-state index contributed by atoms with van der Waals surface area (Å²) in [5, 5.41) is 4.51. The Kier molecular flexibility index (Phi) is 6.57. The SMILES string of the molecule is Cc1cc(SCC(C)(C)NCCCn2ccnc2)c(C)cc1Cl. The van der Waals surface area contributed by atoms with E-state index in [0.717, 1.165) is 35.8 Å². The fourth-order valence-electron chi connectivity index (χ4n) is 2.33. The maximum absolute atomic E-state index is 6.17. The summed E-state index contributed by atoms with van der Waals surface area (Å²) in [5.41, 5.74) is 2.49. The molecule has 1 N–H and O–H groups in total. The highest BCUT2D eigenvalue weighted by Gasteiger charge is 2.17. The smallest absolute Gasteiger partial charge is 0.0945 e. The molecule has 0 saturated heterocycles. The van der Waals surface area contributed by atoms with E-state index in [0.29, 0.717) is 0 Å².